The quantitative estimate of drug-likeness (QED) is 0.446. The minimum absolute atomic E-state index is 0.0407. The van der Waals surface area contributed by atoms with Crippen molar-refractivity contribution < 1.29 is 0 Å². The van der Waals surface area contributed by atoms with Gasteiger partial charge < -0.3 is 4.98 Å². The number of hydrogen-bond donors (Lipinski definition) is 1. The summed E-state index contributed by atoms with van der Waals surface area (Å²) in [7, 11) is 0. The van der Waals surface area contributed by atoms with E-state index in [4.69, 9.17) is 0 Å². The van der Waals surface area contributed by atoms with E-state index in [0.29, 0.717) is 5.39 Å². The molecule has 0 spiro atoms. The number of nitrogens with zero attached hydrogens (tertiary/aromatic N) is 1. The van der Waals surface area contributed by atoms with Crippen LogP contribution in [0.3, 0.4) is 0 Å². The Bertz CT molecular complexity index is 594. The Kier molecular flexibility index (Phi) is 6.12. The third-order valence-electron chi connectivity index (χ3n) is 3.33. The van der Waals surface area contributed by atoms with Crippen LogP contribution in [0.2, 0.25) is 0 Å². The first-order valence-corrected chi connectivity index (χ1v) is 8.41. The molecule has 1 aromatic carbocycles. The molecule has 0 radical (unpaired) electrons. The SMILES string of the molecule is CCCCCCCCSc1nc2ccccc2c(=O)[nH]1. The van der Waals surface area contributed by atoms with Crippen molar-refractivity contribution in [2.24, 2.45) is 0 Å². The van der Waals surface area contributed by atoms with E-state index in [1.54, 1.807) is 11.8 Å². The highest BCUT2D eigenvalue weighted by Crippen LogP contribution is 2.17. The first kappa shape index (κ1) is 15.1. The van der Waals surface area contributed by atoms with E-state index in [9.17, 15) is 4.79 Å². The molecular weight excluding hydrogens is 268 g/mol. The minimum atomic E-state index is -0.0407. The maximum absolute atomic E-state index is 11.9. The normalized spacial score (nSPS) is 11.1. The van der Waals surface area contributed by atoms with E-state index in [2.05, 4.69) is 16.9 Å². The second-order valence-corrected chi connectivity index (χ2v) is 6.09. The molecule has 0 saturated heterocycles. The van der Waals surface area contributed by atoms with Crippen LogP contribution in [-0.4, -0.2) is 15.7 Å². The second kappa shape index (κ2) is 8.10. The number of thioether (sulfide) groups is 1. The van der Waals surface area contributed by atoms with Crippen molar-refractivity contribution in [2.45, 2.75) is 50.6 Å². The summed E-state index contributed by atoms with van der Waals surface area (Å²) in [5.74, 6) is 1.02. The number of H-pyrrole nitrogens is 1. The summed E-state index contributed by atoms with van der Waals surface area (Å²) < 4.78 is 0. The molecule has 3 nitrogen and oxygen atoms in total. The van der Waals surface area contributed by atoms with Gasteiger partial charge in [-0.1, -0.05) is 62.9 Å². The van der Waals surface area contributed by atoms with Crippen LogP contribution in [0, 0.1) is 0 Å². The average Bonchev–Trinajstić information content (AvgIpc) is 2.46. The van der Waals surface area contributed by atoms with Crippen LogP contribution in [-0.2, 0) is 0 Å². The molecule has 108 valence electrons. The van der Waals surface area contributed by atoms with Gasteiger partial charge in [0.25, 0.3) is 5.56 Å². The number of fused-ring (bicyclic) bond motifs is 1. The lowest BCUT2D eigenvalue weighted by Gasteiger charge is -2.03. The van der Waals surface area contributed by atoms with Crippen molar-refractivity contribution in [2.75, 3.05) is 5.75 Å². The van der Waals surface area contributed by atoms with Crippen molar-refractivity contribution >= 4 is 22.7 Å². The highest BCUT2D eigenvalue weighted by atomic mass is 32.2. The summed E-state index contributed by atoms with van der Waals surface area (Å²) in [5.41, 5.74) is 0.739. The van der Waals surface area contributed by atoms with Crippen molar-refractivity contribution in [1.82, 2.24) is 9.97 Å². The van der Waals surface area contributed by atoms with Gasteiger partial charge in [-0.15, -0.1) is 0 Å². The van der Waals surface area contributed by atoms with E-state index in [1.165, 1.54) is 38.5 Å². The highest BCUT2D eigenvalue weighted by molar-refractivity contribution is 7.99. The predicted molar refractivity (Wildman–Crippen MR) is 86.5 cm³/mol. The van der Waals surface area contributed by atoms with Crippen LogP contribution < -0.4 is 5.56 Å². The molecule has 2 aromatic rings. The van der Waals surface area contributed by atoms with E-state index >= 15 is 0 Å². The number of unbranched alkanes of at least 4 members (excludes halogenated alkanes) is 5. The Hall–Kier alpha value is -1.29. The van der Waals surface area contributed by atoms with Gasteiger partial charge in [-0.2, -0.15) is 0 Å². The van der Waals surface area contributed by atoms with Gasteiger partial charge in [-0.25, -0.2) is 4.98 Å². The van der Waals surface area contributed by atoms with Crippen LogP contribution in [0.1, 0.15) is 45.4 Å². The van der Waals surface area contributed by atoms with Gasteiger partial charge in [-0.05, 0) is 18.6 Å². The van der Waals surface area contributed by atoms with Gasteiger partial charge in [0.2, 0.25) is 0 Å². The maximum Gasteiger partial charge on any atom is 0.259 e. The molecule has 0 unspecified atom stereocenters. The fourth-order valence-electron chi connectivity index (χ4n) is 2.18. The fourth-order valence-corrected chi connectivity index (χ4v) is 3.05. The molecule has 20 heavy (non-hydrogen) atoms. The van der Waals surface area contributed by atoms with Crippen molar-refractivity contribution in [3.05, 3.63) is 34.6 Å². The molecule has 1 aromatic heterocycles. The average molecular weight is 290 g/mol. The molecule has 1 heterocycles. The number of hydrogen-bond acceptors (Lipinski definition) is 3. The number of aromatic nitrogens is 2. The molecule has 4 heteroatoms. The zero-order valence-electron chi connectivity index (χ0n) is 12.0. The third kappa shape index (κ3) is 4.37. The smallest absolute Gasteiger partial charge is 0.259 e. The van der Waals surface area contributed by atoms with E-state index in [1.807, 2.05) is 24.3 Å². The molecule has 0 saturated carbocycles. The number of benzene rings is 1. The Morgan fingerprint density at radius 3 is 2.70 bits per heavy atom. The van der Waals surface area contributed by atoms with Crippen molar-refractivity contribution in [3.63, 3.8) is 0 Å². The summed E-state index contributed by atoms with van der Waals surface area (Å²) in [5, 5.41) is 1.40. The van der Waals surface area contributed by atoms with Crippen LogP contribution in [0.15, 0.2) is 34.2 Å². The van der Waals surface area contributed by atoms with E-state index < -0.39 is 0 Å². The van der Waals surface area contributed by atoms with Crippen LogP contribution >= 0.6 is 11.8 Å². The Morgan fingerprint density at radius 1 is 1.10 bits per heavy atom. The molecule has 0 aliphatic heterocycles. The zero-order valence-corrected chi connectivity index (χ0v) is 12.8. The third-order valence-corrected chi connectivity index (χ3v) is 4.29. The van der Waals surface area contributed by atoms with Gasteiger partial charge in [0, 0.05) is 5.75 Å². The highest BCUT2D eigenvalue weighted by Gasteiger charge is 2.03. The van der Waals surface area contributed by atoms with Crippen LogP contribution in [0.25, 0.3) is 10.9 Å². The first-order chi connectivity index (χ1) is 9.81. The van der Waals surface area contributed by atoms with Crippen LogP contribution in [0.5, 0.6) is 0 Å². The summed E-state index contributed by atoms with van der Waals surface area (Å²) >= 11 is 1.65. The van der Waals surface area contributed by atoms with Crippen molar-refractivity contribution in [3.8, 4) is 0 Å². The van der Waals surface area contributed by atoms with Gasteiger partial charge >= 0.3 is 0 Å². The molecule has 0 aliphatic carbocycles. The van der Waals surface area contributed by atoms with Gasteiger partial charge in [-0.3, -0.25) is 4.79 Å². The molecule has 0 aliphatic rings. The zero-order chi connectivity index (χ0) is 14.2. The lowest BCUT2D eigenvalue weighted by atomic mass is 10.1. The van der Waals surface area contributed by atoms with Crippen molar-refractivity contribution in [1.29, 1.82) is 0 Å². The summed E-state index contributed by atoms with van der Waals surface area (Å²) in [6.45, 7) is 2.23. The monoisotopic (exact) mass is 290 g/mol. The maximum atomic E-state index is 11.9. The Balaban J connectivity index is 1.83. The Labute approximate surface area is 124 Å². The molecular formula is C16H22N2OS. The number of nitrogens with one attached hydrogen (secondary N) is 1. The van der Waals surface area contributed by atoms with E-state index in [0.717, 1.165) is 16.4 Å². The number of aromatic amines is 1. The minimum Gasteiger partial charge on any atom is -0.301 e. The van der Waals surface area contributed by atoms with E-state index in [-0.39, 0.29) is 5.56 Å². The topological polar surface area (TPSA) is 45.8 Å². The van der Waals surface area contributed by atoms with Crippen LogP contribution in [0.4, 0.5) is 0 Å². The molecule has 1 N–H and O–H groups in total. The predicted octanol–water partition coefficient (Wildman–Crippen LogP) is 4.38. The summed E-state index contributed by atoms with van der Waals surface area (Å²) in [6.07, 6.45) is 7.74. The second-order valence-electron chi connectivity index (χ2n) is 5.00. The van der Waals surface area contributed by atoms with Gasteiger partial charge in [0.15, 0.2) is 5.16 Å². The summed E-state index contributed by atoms with van der Waals surface area (Å²) in [4.78, 5) is 19.2. The molecule has 0 fully saturated rings. The standard InChI is InChI=1S/C16H22N2OS/c1-2-3-4-5-6-9-12-20-16-17-14-11-8-7-10-13(14)15(19)18-16/h7-8,10-11H,2-6,9,12H2,1H3,(H,17,18,19). The number of para-hydroxylation sites is 1. The lowest BCUT2D eigenvalue weighted by Crippen LogP contribution is -2.09. The molecule has 0 amide bonds. The largest absolute Gasteiger partial charge is 0.301 e. The summed E-state index contributed by atoms with van der Waals surface area (Å²) in [6, 6.07) is 7.47. The first-order valence-electron chi connectivity index (χ1n) is 7.43. The van der Waals surface area contributed by atoms with Gasteiger partial charge in [0.1, 0.15) is 0 Å². The number of rotatable bonds is 8. The molecule has 2 rings (SSSR count). The lowest BCUT2D eigenvalue weighted by molar-refractivity contribution is 0.627. The molecule has 0 bridgehead atoms. The van der Waals surface area contributed by atoms with Gasteiger partial charge in [0.05, 0.1) is 10.9 Å². The molecule has 0 atom stereocenters. The fraction of sp³-hybridized carbons (Fsp3) is 0.500. The Morgan fingerprint density at radius 2 is 1.85 bits per heavy atom.